The third-order valence-corrected chi connectivity index (χ3v) is 5.45. The molecule has 2 aromatic rings. The van der Waals surface area contributed by atoms with Crippen LogP contribution in [-0.4, -0.2) is 55.0 Å². The zero-order valence-corrected chi connectivity index (χ0v) is 17.1. The van der Waals surface area contributed by atoms with Crippen LogP contribution in [0.2, 0.25) is 0 Å². The highest BCUT2D eigenvalue weighted by molar-refractivity contribution is 5.81. The van der Waals surface area contributed by atoms with E-state index in [2.05, 4.69) is 46.3 Å². The molecule has 0 unspecified atom stereocenters. The summed E-state index contributed by atoms with van der Waals surface area (Å²) in [6.07, 6.45) is 0. The van der Waals surface area contributed by atoms with Crippen molar-refractivity contribution in [2.24, 2.45) is 0 Å². The van der Waals surface area contributed by atoms with E-state index >= 15 is 0 Å². The lowest BCUT2D eigenvalue weighted by molar-refractivity contribution is -0.126. The number of carbonyl (C=O) groups is 1. The van der Waals surface area contributed by atoms with Crippen molar-refractivity contribution in [3.05, 3.63) is 65.2 Å². The van der Waals surface area contributed by atoms with Gasteiger partial charge in [0.2, 0.25) is 5.91 Å². The Hall–Kier alpha value is -2.37. The molecule has 1 saturated heterocycles. The molecule has 2 aromatic carbocycles. The molecule has 0 bridgehead atoms. The van der Waals surface area contributed by atoms with Crippen LogP contribution in [0, 0.1) is 6.92 Å². The van der Waals surface area contributed by atoms with Gasteiger partial charge in [-0.2, -0.15) is 0 Å². The fraction of sp³-hybridized carbons (Fsp3) is 0.435. The number of piperazine rings is 1. The molecule has 0 spiro atoms. The van der Waals surface area contributed by atoms with Crippen LogP contribution in [0.1, 0.15) is 23.6 Å². The van der Waals surface area contributed by atoms with E-state index in [9.17, 15) is 4.79 Å². The first kappa shape index (κ1) is 20.4. The molecule has 1 N–H and O–H groups in total. The number of hydrogen-bond acceptors (Lipinski definition) is 4. The van der Waals surface area contributed by atoms with Gasteiger partial charge in [0.1, 0.15) is 5.75 Å². The highest BCUT2D eigenvalue weighted by Gasteiger charge is 2.25. The second kappa shape index (κ2) is 9.71. The number of hydrogen-bond donors (Lipinski definition) is 1. The predicted octanol–water partition coefficient (Wildman–Crippen LogP) is 2.83. The molecule has 150 valence electrons. The lowest BCUT2D eigenvalue weighted by Gasteiger charge is -2.37. The molecule has 1 atom stereocenters. The zero-order chi connectivity index (χ0) is 19.9. The van der Waals surface area contributed by atoms with Crippen LogP contribution in [-0.2, 0) is 17.9 Å². The SMILES string of the molecule is COc1ccc(CNC(=O)[C@@H](C)N2CCN(Cc3cccc(C)c3)CC2)cc1. The van der Waals surface area contributed by atoms with Crippen molar-refractivity contribution in [2.45, 2.75) is 33.0 Å². The van der Waals surface area contributed by atoms with Gasteiger partial charge in [-0.25, -0.2) is 0 Å². The average molecular weight is 382 g/mol. The quantitative estimate of drug-likeness (QED) is 0.801. The van der Waals surface area contributed by atoms with Crippen LogP contribution in [0.15, 0.2) is 48.5 Å². The maximum Gasteiger partial charge on any atom is 0.237 e. The first-order valence-electron chi connectivity index (χ1n) is 9.98. The summed E-state index contributed by atoms with van der Waals surface area (Å²) in [5, 5.41) is 3.06. The van der Waals surface area contributed by atoms with Crippen LogP contribution < -0.4 is 10.1 Å². The van der Waals surface area contributed by atoms with E-state index in [0.29, 0.717) is 6.54 Å². The lowest BCUT2D eigenvalue weighted by Crippen LogP contribution is -2.53. The standard InChI is InChI=1S/C23H31N3O2/c1-18-5-4-6-21(15-18)17-25-11-13-26(14-12-25)19(2)23(27)24-16-20-7-9-22(28-3)10-8-20/h4-10,15,19H,11-14,16-17H2,1-3H3,(H,24,27)/t19-/m1/s1. The van der Waals surface area contributed by atoms with Gasteiger partial charge in [0.25, 0.3) is 0 Å². The number of carbonyl (C=O) groups excluding carboxylic acids is 1. The van der Waals surface area contributed by atoms with E-state index in [1.807, 2.05) is 31.2 Å². The number of amides is 1. The third-order valence-electron chi connectivity index (χ3n) is 5.45. The molecular formula is C23H31N3O2. The minimum absolute atomic E-state index is 0.0861. The molecule has 1 amide bonds. The summed E-state index contributed by atoms with van der Waals surface area (Å²) in [5.41, 5.74) is 3.74. The highest BCUT2D eigenvalue weighted by atomic mass is 16.5. The number of nitrogens with zero attached hydrogens (tertiary/aromatic N) is 2. The Balaban J connectivity index is 1.43. The molecule has 1 heterocycles. The number of methoxy groups -OCH3 is 1. The van der Waals surface area contributed by atoms with Gasteiger partial charge in [-0.05, 0) is 37.1 Å². The van der Waals surface area contributed by atoms with Gasteiger partial charge >= 0.3 is 0 Å². The van der Waals surface area contributed by atoms with Crippen LogP contribution in [0.3, 0.4) is 0 Å². The predicted molar refractivity (Wildman–Crippen MR) is 112 cm³/mol. The number of rotatable bonds is 7. The lowest BCUT2D eigenvalue weighted by atomic mass is 10.1. The van der Waals surface area contributed by atoms with Crippen molar-refractivity contribution in [3.8, 4) is 5.75 Å². The maximum absolute atomic E-state index is 12.6. The summed E-state index contributed by atoms with van der Waals surface area (Å²) in [4.78, 5) is 17.3. The van der Waals surface area contributed by atoms with Gasteiger partial charge in [0.05, 0.1) is 13.2 Å². The summed E-state index contributed by atoms with van der Waals surface area (Å²) in [5.74, 6) is 0.912. The monoisotopic (exact) mass is 381 g/mol. The van der Waals surface area contributed by atoms with Crippen molar-refractivity contribution in [1.29, 1.82) is 0 Å². The minimum Gasteiger partial charge on any atom is -0.497 e. The van der Waals surface area contributed by atoms with Crippen LogP contribution in [0.25, 0.3) is 0 Å². The van der Waals surface area contributed by atoms with Gasteiger partial charge < -0.3 is 10.1 Å². The van der Waals surface area contributed by atoms with Crippen molar-refractivity contribution >= 4 is 5.91 Å². The van der Waals surface area contributed by atoms with Gasteiger partial charge in [0.15, 0.2) is 0 Å². The van der Waals surface area contributed by atoms with E-state index in [-0.39, 0.29) is 11.9 Å². The molecule has 5 nitrogen and oxygen atoms in total. The molecule has 1 aliphatic heterocycles. The van der Waals surface area contributed by atoms with Gasteiger partial charge in [0, 0.05) is 39.3 Å². The second-order valence-electron chi connectivity index (χ2n) is 7.54. The van der Waals surface area contributed by atoms with Gasteiger partial charge in [-0.3, -0.25) is 14.6 Å². The minimum atomic E-state index is -0.112. The van der Waals surface area contributed by atoms with E-state index in [0.717, 1.165) is 44.0 Å². The second-order valence-corrected chi connectivity index (χ2v) is 7.54. The van der Waals surface area contributed by atoms with Gasteiger partial charge in [-0.1, -0.05) is 42.0 Å². The molecule has 0 aliphatic carbocycles. The van der Waals surface area contributed by atoms with E-state index in [1.54, 1.807) is 7.11 Å². The largest absolute Gasteiger partial charge is 0.497 e. The Bertz CT molecular complexity index is 768. The van der Waals surface area contributed by atoms with E-state index < -0.39 is 0 Å². The van der Waals surface area contributed by atoms with Crippen LogP contribution in [0.5, 0.6) is 5.75 Å². The van der Waals surface area contributed by atoms with Crippen molar-refractivity contribution < 1.29 is 9.53 Å². The molecule has 1 aliphatic rings. The summed E-state index contributed by atoms with van der Waals surface area (Å²) >= 11 is 0. The fourth-order valence-electron chi connectivity index (χ4n) is 3.62. The third kappa shape index (κ3) is 5.57. The molecule has 0 radical (unpaired) electrons. The van der Waals surface area contributed by atoms with E-state index in [1.165, 1.54) is 11.1 Å². The molecule has 28 heavy (non-hydrogen) atoms. The molecule has 1 fully saturated rings. The molecule has 0 saturated carbocycles. The molecular weight excluding hydrogens is 350 g/mol. The zero-order valence-electron chi connectivity index (χ0n) is 17.1. The van der Waals surface area contributed by atoms with Crippen LogP contribution >= 0.6 is 0 Å². The normalized spacial score (nSPS) is 16.5. The first-order valence-corrected chi connectivity index (χ1v) is 9.98. The highest BCUT2D eigenvalue weighted by Crippen LogP contribution is 2.13. The number of nitrogens with one attached hydrogen (secondary N) is 1. The summed E-state index contributed by atoms with van der Waals surface area (Å²) in [7, 11) is 1.65. The molecule has 5 heteroatoms. The Morgan fingerprint density at radius 1 is 1.07 bits per heavy atom. The molecule has 3 rings (SSSR count). The van der Waals surface area contributed by atoms with Crippen molar-refractivity contribution in [3.63, 3.8) is 0 Å². The average Bonchev–Trinajstić information content (AvgIpc) is 2.72. The Morgan fingerprint density at radius 2 is 1.79 bits per heavy atom. The van der Waals surface area contributed by atoms with E-state index in [4.69, 9.17) is 4.74 Å². The van der Waals surface area contributed by atoms with Gasteiger partial charge in [-0.15, -0.1) is 0 Å². The summed E-state index contributed by atoms with van der Waals surface area (Å²) in [6.45, 7) is 9.47. The number of ether oxygens (including phenoxy) is 1. The Kier molecular flexibility index (Phi) is 7.06. The number of aryl methyl sites for hydroxylation is 1. The Labute approximate surface area is 168 Å². The topological polar surface area (TPSA) is 44.8 Å². The maximum atomic E-state index is 12.6. The molecule has 0 aromatic heterocycles. The summed E-state index contributed by atoms with van der Waals surface area (Å²) in [6, 6.07) is 16.4. The Morgan fingerprint density at radius 3 is 2.43 bits per heavy atom. The van der Waals surface area contributed by atoms with Crippen LogP contribution in [0.4, 0.5) is 0 Å². The first-order chi connectivity index (χ1) is 13.5. The van der Waals surface area contributed by atoms with Crippen molar-refractivity contribution in [1.82, 2.24) is 15.1 Å². The van der Waals surface area contributed by atoms with Crippen molar-refractivity contribution in [2.75, 3.05) is 33.3 Å². The fourth-order valence-corrected chi connectivity index (χ4v) is 3.62. The number of benzene rings is 2. The smallest absolute Gasteiger partial charge is 0.237 e. The summed E-state index contributed by atoms with van der Waals surface area (Å²) < 4.78 is 5.17.